The van der Waals surface area contributed by atoms with Crippen molar-refractivity contribution < 1.29 is 14.7 Å². The van der Waals surface area contributed by atoms with Gasteiger partial charge in [-0.1, -0.05) is 29.8 Å². The van der Waals surface area contributed by atoms with Gasteiger partial charge >= 0.3 is 5.97 Å². The second kappa shape index (κ2) is 5.30. The lowest BCUT2D eigenvalue weighted by molar-refractivity contribution is -0.139. The highest BCUT2D eigenvalue weighted by molar-refractivity contribution is 5.78. The van der Waals surface area contributed by atoms with E-state index >= 15 is 0 Å². The predicted molar refractivity (Wildman–Crippen MR) is 60.0 cm³/mol. The van der Waals surface area contributed by atoms with Gasteiger partial charge in [-0.3, -0.25) is 9.59 Å². The molecule has 1 rings (SSSR count). The zero-order chi connectivity index (χ0) is 12.1. The monoisotopic (exact) mass is 221 g/mol. The SMILES string of the molecule is Cc1cccc([C@H](CCC(N)=O)C(=O)O)c1. The van der Waals surface area contributed by atoms with Gasteiger partial charge in [0.05, 0.1) is 5.92 Å². The Morgan fingerprint density at radius 2 is 2.12 bits per heavy atom. The average molecular weight is 221 g/mol. The number of hydrogen-bond donors (Lipinski definition) is 2. The van der Waals surface area contributed by atoms with Gasteiger partial charge in [0.2, 0.25) is 5.91 Å². The zero-order valence-electron chi connectivity index (χ0n) is 9.14. The van der Waals surface area contributed by atoms with Crippen LogP contribution >= 0.6 is 0 Å². The van der Waals surface area contributed by atoms with Crippen LogP contribution in [0.1, 0.15) is 29.9 Å². The van der Waals surface area contributed by atoms with Gasteiger partial charge in [0, 0.05) is 6.42 Å². The Morgan fingerprint density at radius 3 is 2.62 bits per heavy atom. The number of benzene rings is 1. The van der Waals surface area contributed by atoms with Crippen LogP contribution in [0.25, 0.3) is 0 Å². The van der Waals surface area contributed by atoms with Gasteiger partial charge in [-0.25, -0.2) is 0 Å². The first-order valence-corrected chi connectivity index (χ1v) is 5.08. The predicted octanol–water partition coefficient (Wildman–Crippen LogP) is 1.43. The molecule has 3 N–H and O–H groups in total. The van der Waals surface area contributed by atoms with Crippen molar-refractivity contribution in [3.8, 4) is 0 Å². The molecule has 1 amide bonds. The standard InChI is InChI=1S/C12H15NO3/c1-8-3-2-4-9(7-8)10(12(15)16)5-6-11(13)14/h2-4,7,10H,5-6H2,1H3,(H2,13,14)(H,15,16)/t10-/m0/s1. The fraction of sp³-hybridized carbons (Fsp3) is 0.333. The number of aliphatic carboxylic acids is 1. The van der Waals surface area contributed by atoms with Gasteiger partial charge < -0.3 is 10.8 Å². The summed E-state index contributed by atoms with van der Waals surface area (Å²) in [5, 5.41) is 9.08. The molecule has 0 spiro atoms. The molecule has 0 bridgehead atoms. The van der Waals surface area contributed by atoms with Crippen molar-refractivity contribution in [3.05, 3.63) is 35.4 Å². The Labute approximate surface area is 94.1 Å². The molecular formula is C12H15NO3. The number of amides is 1. The molecule has 0 saturated heterocycles. The maximum atomic E-state index is 11.1. The molecular weight excluding hydrogens is 206 g/mol. The molecule has 1 atom stereocenters. The van der Waals surface area contributed by atoms with E-state index in [1.54, 1.807) is 6.07 Å². The summed E-state index contributed by atoms with van der Waals surface area (Å²) < 4.78 is 0. The van der Waals surface area contributed by atoms with E-state index in [1.807, 2.05) is 25.1 Å². The van der Waals surface area contributed by atoms with Gasteiger partial charge in [-0.15, -0.1) is 0 Å². The van der Waals surface area contributed by atoms with Crippen molar-refractivity contribution in [3.63, 3.8) is 0 Å². The van der Waals surface area contributed by atoms with Crippen LogP contribution in [0.5, 0.6) is 0 Å². The van der Waals surface area contributed by atoms with E-state index in [0.29, 0.717) is 5.56 Å². The van der Waals surface area contributed by atoms with Crippen molar-refractivity contribution in [2.45, 2.75) is 25.7 Å². The fourth-order valence-corrected chi connectivity index (χ4v) is 1.61. The Morgan fingerprint density at radius 1 is 1.44 bits per heavy atom. The Kier molecular flexibility index (Phi) is 4.05. The molecule has 0 aromatic heterocycles. The summed E-state index contributed by atoms with van der Waals surface area (Å²) in [5.74, 6) is -2.06. The molecule has 0 radical (unpaired) electrons. The first-order valence-electron chi connectivity index (χ1n) is 5.08. The van der Waals surface area contributed by atoms with E-state index in [1.165, 1.54) is 0 Å². The van der Waals surface area contributed by atoms with E-state index in [-0.39, 0.29) is 12.8 Å². The molecule has 0 aliphatic carbocycles. The maximum Gasteiger partial charge on any atom is 0.310 e. The lowest BCUT2D eigenvalue weighted by atomic mass is 9.93. The largest absolute Gasteiger partial charge is 0.481 e. The molecule has 0 saturated carbocycles. The minimum Gasteiger partial charge on any atom is -0.481 e. The summed E-state index contributed by atoms with van der Waals surface area (Å²) in [6.45, 7) is 1.90. The summed E-state index contributed by atoms with van der Waals surface area (Å²) in [6.07, 6.45) is 0.332. The molecule has 0 heterocycles. The van der Waals surface area contributed by atoms with Crippen LogP contribution in [0.4, 0.5) is 0 Å². The summed E-state index contributed by atoms with van der Waals surface area (Å²) in [7, 11) is 0. The van der Waals surface area contributed by atoms with Crippen LogP contribution in [-0.2, 0) is 9.59 Å². The molecule has 4 heteroatoms. The van der Waals surface area contributed by atoms with E-state index in [4.69, 9.17) is 10.8 Å². The van der Waals surface area contributed by atoms with Crippen LogP contribution < -0.4 is 5.73 Å². The number of carbonyl (C=O) groups is 2. The summed E-state index contributed by atoms with van der Waals surface area (Å²) in [5.41, 5.74) is 6.74. The number of carboxylic acid groups (broad SMARTS) is 1. The molecule has 86 valence electrons. The molecule has 1 aromatic carbocycles. The molecule has 0 fully saturated rings. The van der Waals surface area contributed by atoms with Gasteiger partial charge in [0.15, 0.2) is 0 Å². The minimum absolute atomic E-state index is 0.0882. The highest BCUT2D eigenvalue weighted by atomic mass is 16.4. The smallest absolute Gasteiger partial charge is 0.310 e. The van der Waals surface area contributed by atoms with Crippen molar-refractivity contribution in [2.75, 3.05) is 0 Å². The lowest BCUT2D eigenvalue weighted by Crippen LogP contribution is -2.17. The third-order valence-electron chi connectivity index (χ3n) is 2.42. The number of carbonyl (C=O) groups excluding carboxylic acids is 1. The number of rotatable bonds is 5. The zero-order valence-corrected chi connectivity index (χ0v) is 9.14. The molecule has 0 unspecified atom stereocenters. The number of carboxylic acids is 1. The summed E-state index contributed by atoms with van der Waals surface area (Å²) in [6, 6.07) is 7.29. The van der Waals surface area contributed by atoms with Gasteiger partial charge in [0.1, 0.15) is 0 Å². The van der Waals surface area contributed by atoms with E-state index in [2.05, 4.69) is 0 Å². The number of nitrogens with two attached hydrogens (primary N) is 1. The Balaban J connectivity index is 2.85. The average Bonchev–Trinajstić information content (AvgIpc) is 2.17. The first kappa shape index (κ1) is 12.2. The van der Waals surface area contributed by atoms with Crippen molar-refractivity contribution in [1.29, 1.82) is 0 Å². The summed E-state index contributed by atoms with van der Waals surface area (Å²) in [4.78, 5) is 21.7. The number of hydrogen-bond acceptors (Lipinski definition) is 2. The number of primary amides is 1. The topological polar surface area (TPSA) is 80.4 Å². The van der Waals surface area contributed by atoms with Gasteiger partial charge in [-0.05, 0) is 18.9 Å². The molecule has 0 aliphatic rings. The second-order valence-corrected chi connectivity index (χ2v) is 3.81. The first-order chi connectivity index (χ1) is 7.50. The Bertz CT molecular complexity index is 401. The second-order valence-electron chi connectivity index (χ2n) is 3.81. The van der Waals surface area contributed by atoms with Crippen molar-refractivity contribution in [1.82, 2.24) is 0 Å². The van der Waals surface area contributed by atoms with Crippen LogP contribution in [0.3, 0.4) is 0 Å². The maximum absolute atomic E-state index is 11.1. The molecule has 4 nitrogen and oxygen atoms in total. The van der Waals surface area contributed by atoms with Crippen molar-refractivity contribution >= 4 is 11.9 Å². The van der Waals surface area contributed by atoms with E-state index in [0.717, 1.165) is 5.56 Å². The van der Waals surface area contributed by atoms with E-state index < -0.39 is 17.8 Å². The third-order valence-corrected chi connectivity index (χ3v) is 2.42. The fourth-order valence-electron chi connectivity index (χ4n) is 1.61. The van der Waals surface area contributed by atoms with E-state index in [9.17, 15) is 9.59 Å². The summed E-state index contributed by atoms with van der Waals surface area (Å²) >= 11 is 0. The van der Waals surface area contributed by atoms with Crippen LogP contribution in [0.15, 0.2) is 24.3 Å². The Hall–Kier alpha value is -1.84. The van der Waals surface area contributed by atoms with Gasteiger partial charge in [-0.2, -0.15) is 0 Å². The van der Waals surface area contributed by atoms with Crippen LogP contribution in [0, 0.1) is 6.92 Å². The quantitative estimate of drug-likeness (QED) is 0.789. The molecule has 1 aromatic rings. The van der Waals surface area contributed by atoms with Gasteiger partial charge in [0.25, 0.3) is 0 Å². The highest BCUT2D eigenvalue weighted by Gasteiger charge is 2.20. The normalized spacial score (nSPS) is 12.1. The van der Waals surface area contributed by atoms with Crippen LogP contribution in [-0.4, -0.2) is 17.0 Å². The molecule has 0 aliphatic heterocycles. The highest BCUT2D eigenvalue weighted by Crippen LogP contribution is 2.22. The molecule has 16 heavy (non-hydrogen) atoms. The lowest BCUT2D eigenvalue weighted by Gasteiger charge is -2.12. The van der Waals surface area contributed by atoms with Crippen LogP contribution in [0.2, 0.25) is 0 Å². The third kappa shape index (κ3) is 3.38. The number of aryl methyl sites for hydroxylation is 1. The minimum atomic E-state index is -0.924. The van der Waals surface area contributed by atoms with Crippen molar-refractivity contribution in [2.24, 2.45) is 5.73 Å².